The molecule has 1 saturated heterocycles. The Morgan fingerprint density at radius 2 is 2.31 bits per heavy atom. The van der Waals surface area contributed by atoms with E-state index in [1.165, 1.54) is 5.56 Å². The summed E-state index contributed by atoms with van der Waals surface area (Å²) in [5, 5.41) is 7.72. The second kappa shape index (κ2) is 9.75. The Hall–Kier alpha value is -1.84. The molecule has 7 nitrogen and oxygen atoms in total. The van der Waals surface area contributed by atoms with E-state index in [0.717, 1.165) is 31.0 Å². The third-order valence-electron chi connectivity index (χ3n) is 4.46. The summed E-state index contributed by atoms with van der Waals surface area (Å²) < 4.78 is 7.46. The van der Waals surface area contributed by atoms with Gasteiger partial charge in [0, 0.05) is 57.6 Å². The number of nitrogens with one attached hydrogen (secondary N) is 1. The summed E-state index contributed by atoms with van der Waals surface area (Å²) in [5.41, 5.74) is 2.33. The maximum atomic E-state index is 5.59. The topological polar surface area (TPSA) is 67.6 Å². The van der Waals surface area contributed by atoms with Crippen molar-refractivity contribution in [1.82, 2.24) is 25.0 Å². The van der Waals surface area contributed by atoms with E-state index in [4.69, 9.17) is 4.74 Å². The molecule has 0 spiro atoms. The highest BCUT2D eigenvalue weighted by atomic mass is 127. The van der Waals surface area contributed by atoms with Gasteiger partial charge in [0.25, 0.3) is 0 Å². The fraction of sp³-hybridized carbons (Fsp3) is 0.500. The first-order valence-corrected chi connectivity index (χ1v) is 8.72. The van der Waals surface area contributed by atoms with Crippen LogP contribution in [0.1, 0.15) is 30.4 Å². The zero-order chi connectivity index (χ0) is 17.6. The first-order chi connectivity index (χ1) is 12.2. The van der Waals surface area contributed by atoms with Crippen LogP contribution in [0, 0.1) is 0 Å². The molecule has 1 unspecified atom stereocenters. The maximum Gasteiger partial charge on any atom is 0.218 e. The van der Waals surface area contributed by atoms with Crippen molar-refractivity contribution < 1.29 is 4.74 Å². The van der Waals surface area contributed by atoms with Crippen molar-refractivity contribution in [2.45, 2.75) is 25.8 Å². The third kappa shape index (κ3) is 4.87. The summed E-state index contributed by atoms with van der Waals surface area (Å²) in [7, 11) is 3.78. The third-order valence-corrected chi connectivity index (χ3v) is 4.46. The van der Waals surface area contributed by atoms with Crippen molar-refractivity contribution in [2.75, 3.05) is 26.7 Å². The molecule has 2 aromatic heterocycles. The molecule has 3 rings (SSSR count). The number of likely N-dealkylation sites (tertiary alicyclic amines) is 1. The number of guanidine groups is 1. The van der Waals surface area contributed by atoms with Gasteiger partial charge in [-0.15, -0.1) is 24.0 Å². The number of aliphatic imine (C=N–C) groups is 1. The summed E-state index contributed by atoms with van der Waals surface area (Å²) in [5.74, 6) is 2.10. The van der Waals surface area contributed by atoms with Crippen molar-refractivity contribution in [3.8, 4) is 5.88 Å². The monoisotopic (exact) mass is 470 g/mol. The summed E-state index contributed by atoms with van der Waals surface area (Å²) in [4.78, 5) is 11.0. The Morgan fingerprint density at radius 3 is 3.00 bits per heavy atom. The molecule has 1 atom stereocenters. The normalized spacial score (nSPS) is 17.1. The molecule has 0 amide bonds. The first kappa shape index (κ1) is 20.5. The van der Waals surface area contributed by atoms with Gasteiger partial charge in [-0.1, -0.05) is 6.07 Å². The van der Waals surface area contributed by atoms with Crippen molar-refractivity contribution >= 4 is 29.9 Å². The zero-order valence-corrected chi connectivity index (χ0v) is 17.9. The standard InChI is InChI=1S/C18H26N6O.HI/c1-4-25-17-14(6-5-8-20-17)10-21-18(19-2)24-9-7-15(13-24)16-11-22-23(3)12-16;/h5-6,8,11-12,15H,4,7,9-10,13H2,1-3H3,(H,19,21);1H. The van der Waals surface area contributed by atoms with Crippen molar-refractivity contribution in [3.05, 3.63) is 41.9 Å². The van der Waals surface area contributed by atoms with E-state index in [2.05, 4.69) is 31.5 Å². The van der Waals surface area contributed by atoms with Gasteiger partial charge in [0.1, 0.15) is 0 Å². The molecule has 2 aromatic rings. The highest BCUT2D eigenvalue weighted by molar-refractivity contribution is 14.0. The number of aromatic nitrogens is 3. The number of rotatable bonds is 5. The number of hydrogen-bond donors (Lipinski definition) is 1. The number of pyridine rings is 1. The van der Waals surface area contributed by atoms with Gasteiger partial charge in [-0.2, -0.15) is 5.10 Å². The van der Waals surface area contributed by atoms with Crippen LogP contribution >= 0.6 is 24.0 Å². The number of aryl methyl sites for hydroxylation is 1. The van der Waals surface area contributed by atoms with Gasteiger partial charge in [0.05, 0.1) is 12.8 Å². The Balaban J connectivity index is 0.00000243. The lowest BCUT2D eigenvalue weighted by atomic mass is 10.0. The number of nitrogens with zero attached hydrogens (tertiary/aromatic N) is 5. The van der Waals surface area contributed by atoms with Gasteiger partial charge in [-0.05, 0) is 25.0 Å². The minimum absolute atomic E-state index is 0. The number of hydrogen-bond acceptors (Lipinski definition) is 4. The SMILES string of the molecule is CCOc1ncccc1CNC(=NC)N1CCC(c2cnn(C)c2)C1.I. The van der Waals surface area contributed by atoms with Crippen LogP contribution in [0.4, 0.5) is 0 Å². The molecule has 0 saturated carbocycles. The van der Waals surface area contributed by atoms with E-state index in [-0.39, 0.29) is 24.0 Å². The van der Waals surface area contributed by atoms with Gasteiger partial charge in [0.2, 0.25) is 5.88 Å². The average molecular weight is 470 g/mol. The predicted molar refractivity (Wildman–Crippen MR) is 113 cm³/mol. The highest BCUT2D eigenvalue weighted by Gasteiger charge is 2.26. The molecule has 1 aliphatic heterocycles. The van der Waals surface area contributed by atoms with Gasteiger partial charge in [0.15, 0.2) is 5.96 Å². The average Bonchev–Trinajstić information content (AvgIpc) is 3.26. The molecule has 1 N–H and O–H groups in total. The van der Waals surface area contributed by atoms with Crippen LogP contribution in [0.25, 0.3) is 0 Å². The largest absolute Gasteiger partial charge is 0.478 e. The molecular formula is C18H27IN6O. The minimum atomic E-state index is 0. The second-order valence-electron chi connectivity index (χ2n) is 6.18. The summed E-state index contributed by atoms with van der Waals surface area (Å²) >= 11 is 0. The zero-order valence-electron chi connectivity index (χ0n) is 15.6. The molecule has 0 aliphatic carbocycles. The van der Waals surface area contributed by atoms with E-state index >= 15 is 0 Å². The number of ether oxygens (including phenoxy) is 1. The van der Waals surface area contributed by atoms with Crippen molar-refractivity contribution in [1.29, 1.82) is 0 Å². The Bertz CT molecular complexity index is 732. The van der Waals surface area contributed by atoms with Crippen molar-refractivity contribution in [2.24, 2.45) is 12.0 Å². The summed E-state index contributed by atoms with van der Waals surface area (Å²) in [6.45, 7) is 5.16. The van der Waals surface area contributed by atoms with Crippen LogP contribution in [0.2, 0.25) is 0 Å². The molecule has 0 bridgehead atoms. The van der Waals surface area contributed by atoms with Gasteiger partial charge >= 0.3 is 0 Å². The molecular weight excluding hydrogens is 443 g/mol. The molecule has 0 aromatic carbocycles. The molecule has 1 fully saturated rings. The number of halogens is 1. The molecule has 0 radical (unpaired) electrons. The van der Waals surface area contributed by atoms with Crippen LogP contribution in [-0.2, 0) is 13.6 Å². The fourth-order valence-corrected chi connectivity index (χ4v) is 3.21. The van der Waals surface area contributed by atoms with E-state index in [1.807, 2.05) is 44.0 Å². The summed E-state index contributed by atoms with van der Waals surface area (Å²) in [6.07, 6.45) is 6.94. The van der Waals surface area contributed by atoms with E-state index < -0.39 is 0 Å². The van der Waals surface area contributed by atoms with E-state index in [1.54, 1.807) is 6.20 Å². The van der Waals surface area contributed by atoms with Crippen LogP contribution in [0.3, 0.4) is 0 Å². The summed E-state index contributed by atoms with van der Waals surface area (Å²) in [6, 6.07) is 3.96. The van der Waals surface area contributed by atoms with E-state index in [0.29, 0.717) is 24.9 Å². The quantitative estimate of drug-likeness (QED) is 0.413. The smallest absolute Gasteiger partial charge is 0.218 e. The fourth-order valence-electron chi connectivity index (χ4n) is 3.21. The van der Waals surface area contributed by atoms with Crippen LogP contribution in [-0.4, -0.2) is 52.4 Å². The maximum absolute atomic E-state index is 5.59. The first-order valence-electron chi connectivity index (χ1n) is 8.72. The van der Waals surface area contributed by atoms with Crippen LogP contribution in [0.15, 0.2) is 35.7 Å². The van der Waals surface area contributed by atoms with Gasteiger partial charge in [-0.3, -0.25) is 9.67 Å². The Kier molecular flexibility index (Phi) is 7.67. The Labute approximate surface area is 171 Å². The molecule has 1 aliphatic rings. The molecule has 3 heterocycles. The lowest BCUT2D eigenvalue weighted by Crippen LogP contribution is -2.39. The second-order valence-corrected chi connectivity index (χ2v) is 6.18. The lowest BCUT2D eigenvalue weighted by Gasteiger charge is -2.22. The lowest BCUT2D eigenvalue weighted by molar-refractivity contribution is 0.322. The molecule has 8 heteroatoms. The van der Waals surface area contributed by atoms with Crippen LogP contribution in [0.5, 0.6) is 5.88 Å². The van der Waals surface area contributed by atoms with E-state index in [9.17, 15) is 0 Å². The highest BCUT2D eigenvalue weighted by Crippen LogP contribution is 2.26. The van der Waals surface area contributed by atoms with Gasteiger partial charge < -0.3 is 15.0 Å². The Morgan fingerprint density at radius 1 is 1.46 bits per heavy atom. The predicted octanol–water partition coefficient (Wildman–Crippen LogP) is 2.40. The van der Waals surface area contributed by atoms with Crippen molar-refractivity contribution in [3.63, 3.8) is 0 Å². The molecule has 26 heavy (non-hydrogen) atoms. The minimum Gasteiger partial charge on any atom is -0.478 e. The van der Waals surface area contributed by atoms with Crippen LogP contribution < -0.4 is 10.1 Å². The van der Waals surface area contributed by atoms with Gasteiger partial charge in [-0.25, -0.2) is 4.98 Å². The molecule has 142 valence electrons.